The maximum atomic E-state index is 13.1. The first-order valence-corrected chi connectivity index (χ1v) is 13.3. The average Bonchev–Trinajstić information content (AvgIpc) is 3.29. The highest BCUT2D eigenvalue weighted by molar-refractivity contribution is 7.99. The molecule has 1 heterocycles. The summed E-state index contributed by atoms with van der Waals surface area (Å²) in [7, 11) is -4.44. The van der Waals surface area contributed by atoms with Crippen molar-refractivity contribution in [3.63, 3.8) is 0 Å². The van der Waals surface area contributed by atoms with E-state index in [2.05, 4.69) is 25.6 Å². The Morgan fingerprint density at radius 3 is 2.32 bits per heavy atom. The maximum absolute atomic E-state index is 13.1. The van der Waals surface area contributed by atoms with Crippen LogP contribution in [0.4, 0.5) is 27.6 Å². The molecular weight excluding hydrogens is 549 g/mol. The molecule has 0 spiro atoms. The number of anilines is 1. The van der Waals surface area contributed by atoms with Crippen molar-refractivity contribution in [3.8, 4) is 0 Å². The van der Waals surface area contributed by atoms with E-state index >= 15 is 0 Å². The molecule has 1 atom stereocenters. The molecule has 1 aliphatic carbocycles. The van der Waals surface area contributed by atoms with Gasteiger partial charge in [-0.2, -0.15) is 22.0 Å². The molecule has 1 aliphatic rings. The number of carbonyl (C=O) groups excluding carboxylic acids is 2. The van der Waals surface area contributed by atoms with Crippen LogP contribution in [-0.4, -0.2) is 55.1 Å². The fraction of sp³-hybridized carbons (Fsp3) is 0.500. The number of aromatic nitrogens is 2. The van der Waals surface area contributed by atoms with Gasteiger partial charge in [-0.05, 0) is 65.1 Å². The molecule has 1 aromatic carbocycles. The van der Waals surface area contributed by atoms with Crippen molar-refractivity contribution in [2.45, 2.75) is 60.0 Å². The molecule has 0 saturated heterocycles. The normalized spacial score (nSPS) is 15.9. The van der Waals surface area contributed by atoms with Crippen LogP contribution >= 0.6 is 11.8 Å². The van der Waals surface area contributed by atoms with Crippen molar-refractivity contribution >= 4 is 39.3 Å². The highest BCUT2D eigenvalue weighted by Crippen LogP contribution is 2.29. The van der Waals surface area contributed by atoms with Crippen LogP contribution in [0.3, 0.4) is 0 Å². The van der Waals surface area contributed by atoms with Gasteiger partial charge in [-0.15, -0.1) is 0 Å². The first kappa shape index (κ1) is 28.8. The number of rotatable bonds is 10. The Morgan fingerprint density at radius 1 is 1.08 bits per heavy atom. The van der Waals surface area contributed by atoms with Crippen molar-refractivity contribution in [2.24, 2.45) is 5.92 Å². The highest BCUT2D eigenvalue weighted by Gasteiger charge is 2.34. The number of alkyl halides is 5. The Morgan fingerprint density at radius 2 is 1.73 bits per heavy atom. The van der Waals surface area contributed by atoms with Crippen LogP contribution in [0, 0.1) is 5.92 Å². The second-order valence-electron chi connectivity index (χ2n) is 8.10. The first-order chi connectivity index (χ1) is 17.4. The van der Waals surface area contributed by atoms with E-state index in [0.717, 1.165) is 31.4 Å². The van der Waals surface area contributed by atoms with Crippen molar-refractivity contribution < 1.29 is 44.6 Å². The molecule has 0 unspecified atom stereocenters. The molecule has 1 saturated carbocycles. The zero-order valence-electron chi connectivity index (χ0n) is 18.9. The van der Waals surface area contributed by atoms with Crippen LogP contribution in [0.1, 0.15) is 42.6 Å². The second-order valence-corrected chi connectivity index (χ2v) is 10.8. The minimum Gasteiger partial charge on any atom is -0.338 e. The van der Waals surface area contributed by atoms with E-state index < -0.39 is 62.0 Å². The third-order valence-electron chi connectivity index (χ3n) is 5.46. The van der Waals surface area contributed by atoms with E-state index in [-0.39, 0.29) is 23.4 Å². The molecule has 10 nitrogen and oxygen atoms in total. The standard InChI is InChI=1S/C20H22F5N5O5S2/c21-19(22)36-18-15(29-35-30-18)17(32)28-14(11-4-2-1-3-5-11)16(31)27-12-6-8-13(9-7-12)37(33,34)26-10-20(23,24)25/h6-9,11,14,19,26H,1-5,10H2,(H,27,31)(H,28,32)/t14-/m0/s1. The number of hydrogen-bond donors (Lipinski definition) is 3. The minimum atomic E-state index is -4.74. The number of nitrogens with one attached hydrogen (secondary N) is 3. The number of hydrogen-bond acceptors (Lipinski definition) is 8. The number of amides is 2. The molecule has 37 heavy (non-hydrogen) atoms. The Kier molecular flexibility index (Phi) is 9.46. The minimum absolute atomic E-state index is 0.0370. The van der Waals surface area contributed by atoms with Crippen LogP contribution in [0.25, 0.3) is 0 Å². The molecule has 17 heteroatoms. The Labute approximate surface area is 212 Å². The molecule has 0 radical (unpaired) electrons. The zero-order chi connectivity index (χ0) is 27.2. The van der Waals surface area contributed by atoms with E-state index in [1.165, 1.54) is 16.9 Å². The summed E-state index contributed by atoms with van der Waals surface area (Å²) in [5.41, 5.74) is -0.383. The maximum Gasteiger partial charge on any atom is 0.402 e. The van der Waals surface area contributed by atoms with Gasteiger partial charge < -0.3 is 10.6 Å². The third kappa shape index (κ3) is 8.36. The van der Waals surface area contributed by atoms with Gasteiger partial charge in [0.25, 0.3) is 11.7 Å². The molecule has 2 amide bonds. The van der Waals surface area contributed by atoms with Gasteiger partial charge in [0.1, 0.15) is 12.6 Å². The lowest BCUT2D eigenvalue weighted by molar-refractivity contribution is -0.121. The Balaban J connectivity index is 1.73. The monoisotopic (exact) mass is 571 g/mol. The van der Waals surface area contributed by atoms with Crippen LogP contribution < -0.4 is 15.4 Å². The smallest absolute Gasteiger partial charge is 0.338 e. The third-order valence-corrected chi connectivity index (χ3v) is 7.55. The molecule has 1 aromatic heterocycles. The van der Waals surface area contributed by atoms with Crippen molar-refractivity contribution in [2.75, 3.05) is 11.9 Å². The Bertz CT molecular complexity index is 1180. The fourth-order valence-electron chi connectivity index (χ4n) is 3.75. The summed E-state index contributed by atoms with van der Waals surface area (Å²) in [6.45, 7) is -1.74. The number of nitrogens with zero attached hydrogens (tertiary/aromatic N) is 2. The SMILES string of the molecule is O=C(N[C@H](C(=O)Nc1ccc(S(=O)(=O)NCC(F)(F)F)cc1)C1CCCCC1)c1nonc1SC(F)F. The van der Waals surface area contributed by atoms with Crippen LogP contribution in [-0.2, 0) is 14.8 Å². The van der Waals surface area contributed by atoms with Gasteiger partial charge in [0.05, 0.1) is 4.90 Å². The summed E-state index contributed by atoms with van der Waals surface area (Å²) in [6, 6.07) is 3.29. The molecule has 3 rings (SSSR count). The van der Waals surface area contributed by atoms with Crippen LogP contribution in [0.15, 0.2) is 38.8 Å². The Hall–Kier alpha value is -2.79. The summed E-state index contributed by atoms with van der Waals surface area (Å²) in [5, 5.41) is 11.2. The number of benzene rings is 1. The van der Waals surface area contributed by atoms with Crippen molar-refractivity contribution in [3.05, 3.63) is 30.0 Å². The molecule has 0 aliphatic heterocycles. The predicted molar refractivity (Wildman–Crippen MR) is 120 cm³/mol. The number of sulfonamides is 1. The fourth-order valence-corrected chi connectivity index (χ4v) is 5.25. The van der Waals surface area contributed by atoms with E-state index in [0.29, 0.717) is 12.8 Å². The van der Waals surface area contributed by atoms with Crippen molar-refractivity contribution in [1.82, 2.24) is 20.4 Å². The number of halogens is 5. The summed E-state index contributed by atoms with van der Waals surface area (Å²) in [5.74, 6) is -4.76. The van der Waals surface area contributed by atoms with Gasteiger partial charge in [0.15, 0.2) is 5.03 Å². The van der Waals surface area contributed by atoms with Crippen LogP contribution in [0.2, 0.25) is 0 Å². The van der Waals surface area contributed by atoms with E-state index in [1.54, 1.807) is 0 Å². The van der Waals surface area contributed by atoms with Crippen LogP contribution in [0.5, 0.6) is 0 Å². The van der Waals surface area contributed by atoms with Gasteiger partial charge in [-0.3, -0.25) is 9.59 Å². The number of thioether (sulfide) groups is 1. The van der Waals surface area contributed by atoms with E-state index in [1.807, 2.05) is 0 Å². The topological polar surface area (TPSA) is 143 Å². The molecule has 2 aromatic rings. The van der Waals surface area contributed by atoms with E-state index in [4.69, 9.17) is 0 Å². The first-order valence-electron chi connectivity index (χ1n) is 10.9. The zero-order valence-corrected chi connectivity index (χ0v) is 20.6. The van der Waals surface area contributed by atoms with E-state index in [9.17, 15) is 40.0 Å². The largest absolute Gasteiger partial charge is 0.402 e. The molecular formula is C20H22F5N5O5S2. The van der Waals surface area contributed by atoms with Gasteiger partial charge in [-0.1, -0.05) is 19.3 Å². The van der Waals surface area contributed by atoms with Gasteiger partial charge in [0, 0.05) is 5.69 Å². The number of carbonyl (C=O) groups is 2. The summed E-state index contributed by atoms with van der Waals surface area (Å²) >= 11 is -0.0370. The summed E-state index contributed by atoms with van der Waals surface area (Å²) in [4.78, 5) is 25.4. The highest BCUT2D eigenvalue weighted by atomic mass is 32.2. The molecule has 3 N–H and O–H groups in total. The molecule has 1 fully saturated rings. The predicted octanol–water partition coefficient (Wildman–Crippen LogP) is 3.54. The lowest BCUT2D eigenvalue weighted by atomic mass is 9.83. The summed E-state index contributed by atoms with van der Waals surface area (Å²) < 4.78 is 92.4. The second kappa shape index (κ2) is 12.2. The van der Waals surface area contributed by atoms with Gasteiger partial charge in [-0.25, -0.2) is 17.8 Å². The van der Waals surface area contributed by atoms with Gasteiger partial charge in [0.2, 0.25) is 21.6 Å². The van der Waals surface area contributed by atoms with Crippen molar-refractivity contribution in [1.29, 1.82) is 0 Å². The molecule has 0 bridgehead atoms. The quantitative estimate of drug-likeness (QED) is 0.290. The lowest BCUT2D eigenvalue weighted by Crippen LogP contribution is -2.49. The van der Waals surface area contributed by atoms with Gasteiger partial charge >= 0.3 is 6.18 Å². The summed E-state index contributed by atoms with van der Waals surface area (Å²) in [6.07, 6.45) is -0.966. The molecule has 204 valence electrons. The lowest BCUT2D eigenvalue weighted by Gasteiger charge is -2.29. The average molecular weight is 572 g/mol.